The van der Waals surface area contributed by atoms with Crippen LogP contribution >= 0.6 is 34.8 Å². The van der Waals surface area contributed by atoms with Crippen LogP contribution in [0.15, 0.2) is 91.1 Å². The molecule has 1 aromatic heterocycles. The summed E-state index contributed by atoms with van der Waals surface area (Å²) < 4.78 is 0. The first-order chi connectivity index (χ1) is 28.5. The number of allylic oxidation sites excluding steroid dienone is 2. The van der Waals surface area contributed by atoms with E-state index in [0.29, 0.717) is 32.0 Å². The highest BCUT2D eigenvalue weighted by Gasteiger charge is 2.40. The zero-order valence-electron chi connectivity index (χ0n) is 33.7. The van der Waals surface area contributed by atoms with Crippen molar-refractivity contribution < 1.29 is 9.59 Å². The molecule has 304 valence electrons. The number of fused-ring (bicyclic) bond motifs is 2. The Morgan fingerprint density at radius 2 is 1.63 bits per heavy atom. The lowest BCUT2D eigenvalue weighted by atomic mass is 9.82. The molecule has 5 aromatic rings. The zero-order valence-corrected chi connectivity index (χ0v) is 36.0. The van der Waals surface area contributed by atoms with E-state index in [1.54, 1.807) is 25.1 Å². The lowest BCUT2D eigenvalue weighted by Crippen LogP contribution is -2.47. The van der Waals surface area contributed by atoms with Gasteiger partial charge in [0, 0.05) is 90.1 Å². The van der Waals surface area contributed by atoms with Crippen molar-refractivity contribution in [2.24, 2.45) is 11.8 Å². The number of H-pyrrole nitrogens is 1. The number of carbonyl (C=O) groups excluding carboxylic acids is 2. The van der Waals surface area contributed by atoms with Gasteiger partial charge in [0.2, 0.25) is 0 Å². The molecule has 2 fully saturated rings. The maximum atomic E-state index is 15.2. The van der Waals surface area contributed by atoms with E-state index in [4.69, 9.17) is 34.8 Å². The summed E-state index contributed by atoms with van der Waals surface area (Å²) in [5, 5.41) is 5.87. The van der Waals surface area contributed by atoms with E-state index in [0.717, 1.165) is 95.2 Å². The standard InChI is InChI=1S/C48H49Cl3N6O2/c1-29-10-9-19-57-45(35-17-16-33(49)26-37(35)51)36-25-34(50)27-39-42(36)43(46(57)41(29)31-13-5-4-6-14-31)44(52-39)47(58)53-38-24-32(48(59)54(2)3)15-18-40(38)56-22-20-55(21-23-56)28-30-11-7-8-12-30/h4-6,9,13-19,24-27,29-30,45,52H,7-8,10-12,20-23,28H2,1-3H3,(H,53,58). The van der Waals surface area contributed by atoms with Crippen molar-refractivity contribution >= 4 is 80.2 Å². The smallest absolute Gasteiger partial charge is 0.272 e. The molecule has 2 atom stereocenters. The number of nitrogens with one attached hydrogen (secondary N) is 2. The van der Waals surface area contributed by atoms with Gasteiger partial charge in [-0.1, -0.05) is 97.0 Å². The second-order valence-corrected chi connectivity index (χ2v) is 18.0. The normalized spacial score (nSPS) is 19.6. The van der Waals surface area contributed by atoms with Gasteiger partial charge in [-0.15, -0.1) is 0 Å². The van der Waals surface area contributed by atoms with Gasteiger partial charge in [-0.25, -0.2) is 0 Å². The number of aromatic nitrogens is 1. The van der Waals surface area contributed by atoms with E-state index in [1.165, 1.54) is 25.7 Å². The number of benzene rings is 4. The van der Waals surface area contributed by atoms with Crippen LogP contribution in [0.2, 0.25) is 15.1 Å². The average molecular weight is 848 g/mol. The number of nitrogens with zero attached hydrogens (tertiary/aromatic N) is 4. The Morgan fingerprint density at radius 3 is 2.36 bits per heavy atom. The van der Waals surface area contributed by atoms with E-state index in [1.807, 2.05) is 48.5 Å². The van der Waals surface area contributed by atoms with Crippen LogP contribution in [0, 0.1) is 11.8 Å². The summed E-state index contributed by atoms with van der Waals surface area (Å²) in [5.41, 5.74) is 8.88. The fourth-order valence-electron chi connectivity index (χ4n) is 9.82. The Morgan fingerprint density at radius 1 is 0.864 bits per heavy atom. The van der Waals surface area contributed by atoms with Crippen LogP contribution in [0.5, 0.6) is 0 Å². The Labute approximate surface area is 361 Å². The molecule has 4 heterocycles. The minimum atomic E-state index is -0.372. The second kappa shape index (κ2) is 16.4. The van der Waals surface area contributed by atoms with E-state index >= 15 is 4.79 Å². The van der Waals surface area contributed by atoms with Gasteiger partial charge in [0.05, 0.1) is 23.1 Å². The third-order valence-corrected chi connectivity index (χ3v) is 13.4. The molecule has 8 nitrogen and oxygen atoms in total. The summed E-state index contributed by atoms with van der Waals surface area (Å²) in [5.74, 6) is 0.460. The van der Waals surface area contributed by atoms with Crippen molar-refractivity contribution in [1.82, 2.24) is 19.7 Å². The Bertz CT molecular complexity index is 2500. The monoisotopic (exact) mass is 846 g/mol. The van der Waals surface area contributed by atoms with Crippen LogP contribution in [0.1, 0.15) is 88.2 Å². The third kappa shape index (κ3) is 7.54. The number of anilines is 2. The summed E-state index contributed by atoms with van der Waals surface area (Å²) >= 11 is 20.4. The molecule has 9 rings (SSSR count). The third-order valence-electron chi connectivity index (χ3n) is 12.6. The number of amides is 2. The van der Waals surface area contributed by atoms with Crippen molar-refractivity contribution in [3.8, 4) is 0 Å². The first kappa shape index (κ1) is 39.7. The number of halogens is 3. The Kier molecular flexibility index (Phi) is 11.0. The molecule has 1 saturated heterocycles. The SMILES string of the molecule is CC1CC=CN2C(=C1c1ccccc1)c1c(C(=O)Nc3cc(C(=O)N(C)C)ccc3N3CCN(CC4CCCC4)CC3)[nH]c3cc(Cl)cc(c13)C2c1ccc(Cl)cc1Cl. The maximum Gasteiger partial charge on any atom is 0.272 e. The fraction of sp³-hybridized carbons (Fsp3) is 0.333. The molecule has 3 aliphatic heterocycles. The molecule has 1 aliphatic carbocycles. The van der Waals surface area contributed by atoms with Crippen LogP contribution in [-0.2, 0) is 0 Å². The highest BCUT2D eigenvalue weighted by Crippen LogP contribution is 2.54. The molecule has 2 N–H and O–H groups in total. The first-order valence-electron chi connectivity index (χ1n) is 20.7. The Hall–Kier alpha value is -4.73. The van der Waals surface area contributed by atoms with Gasteiger partial charge in [0.15, 0.2) is 0 Å². The van der Waals surface area contributed by atoms with Gasteiger partial charge in [0.1, 0.15) is 5.69 Å². The molecule has 59 heavy (non-hydrogen) atoms. The molecular formula is C48H49Cl3N6O2. The van der Waals surface area contributed by atoms with Crippen molar-refractivity contribution in [2.45, 2.75) is 45.1 Å². The summed E-state index contributed by atoms with van der Waals surface area (Å²) in [4.78, 5) is 40.9. The number of hydrogen-bond donors (Lipinski definition) is 2. The van der Waals surface area contributed by atoms with E-state index < -0.39 is 0 Å². The highest BCUT2D eigenvalue weighted by atomic mass is 35.5. The van der Waals surface area contributed by atoms with Gasteiger partial charge in [-0.2, -0.15) is 0 Å². The van der Waals surface area contributed by atoms with Crippen LogP contribution in [-0.4, -0.2) is 78.3 Å². The molecule has 0 bridgehead atoms. The molecule has 0 radical (unpaired) electrons. The molecule has 4 aliphatic rings. The number of carbonyl (C=O) groups is 2. The van der Waals surface area contributed by atoms with Gasteiger partial charge >= 0.3 is 0 Å². The van der Waals surface area contributed by atoms with Crippen LogP contribution < -0.4 is 10.2 Å². The number of hydrogen-bond acceptors (Lipinski definition) is 5. The summed E-state index contributed by atoms with van der Waals surface area (Å²) in [6.07, 6.45) is 10.5. The quantitative estimate of drug-likeness (QED) is 0.163. The van der Waals surface area contributed by atoms with Crippen LogP contribution in [0.25, 0.3) is 22.2 Å². The first-order valence-corrected chi connectivity index (χ1v) is 21.9. The fourth-order valence-corrected chi connectivity index (χ4v) is 10.6. The second-order valence-electron chi connectivity index (χ2n) is 16.7. The lowest BCUT2D eigenvalue weighted by molar-refractivity contribution is 0.0827. The molecule has 1 saturated carbocycles. The summed E-state index contributed by atoms with van der Waals surface area (Å²) in [7, 11) is 3.49. The lowest BCUT2D eigenvalue weighted by Gasteiger charge is -2.40. The minimum absolute atomic E-state index is 0.109. The van der Waals surface area contributed by atoms with Crippen LogP contribution in [0.4, 0.5) is 11.4 Å². The molecular weight excluding hydrogens is 799 g/mol. The van der Waals surface area contributed by atoms with Crippen molar-refractivity contribution in [3.63, 3.8) is 0 Å². The largest absolute Gasteiger partial charge is 0.367 e. The predicted molar refractivity (Wildman–Crippen MR) is 243 cm³/mol. The number of aromatic amines is 1. The van der Waals surface area contributed by atoms with Gasteiger partial charge in [0.25, 0.3) is 11.8 Å². The average Bonchev–Trinajstić information content (AvgIpc) is 3.84. The molecule has 2 amide bonds. The molecule has 2 unspecified atom stereocenters. The molecule has 4 aromatic carbocycles. The predicted octanol–water partition coefficient (Wildman–Crippen LogP) is 11.2. The number of rotatable bonds is 8. The van der Waals surface area contributed by atoms with Crippen molar-refractivity contribution in [1.29, 1.82) is 0 Å². The van der Waals surface area contributed by atoms with E-state index in [2.05, 4.69) is 68.5 Å². The Balaban J connectivity index is 1.19. The number of piperazine rings is 1. The highest BCUT2D eigenvalue weighted by molar-refractivity contribution is 6.35. The zero-order chi connectivity index (χ0) is 40.9. The molecule has 11 heteroatoms. The maximum absolute atomic E-state index is 15.2. The van der Waals surface area contributed by atoms with Crippen LogP contribution in [0.3, 0.4) is 0 Å². The van der Waals surface area contributed by atoms with Gasteiger partial charge in [-0.05, 0) is 95.8 Å². The topological polar surface area (TPSA) is 74.9 Å². The van der Waals surface area contributed by atoms with Crippen molar-refractivity contribution in [3.05, 3.63) is 140 Å². The van der Waals surface area contributed by atoms with Gasteiger partial charge < -0.3 is 25.0 Å². The van der Waals surface area contributed by atoms with E-state index in [-0.39, 0.29) is 23.8 Å². The molecule has 0 spiro atoms. The van der Waals surface area contributed by atoms with Crippen molar-refractivity contribution in [2.75, 3.05) is 57.0 Å². The summed E-state index contributed by atoms with van der Waals surface area (Å²) in [6, 6.07) is 25.2. The van der Waals surface area contributed by atoms with E-state index in [9.17, 15) is 4.79 Å². The summed E-state index contributed by atoms with van der Waals surface area (Å²) in [6.45, 7) is 6.96. The minimum Gasteiger partial charge on any atom is -0.367 e. The van der Waals surface area contributed by atoms with Gasteiger partial charge in [-0.3, -0.25) is 14.5 Å².